The zero-order valence-corrected chi connectivity index (χ0v) is 12.6. The van der Waals surface area contributed by atoms with Crippen LogP contribution >= 0.6 is 0 Å². The van der Waals surface area contributed by atoms with E-state index in [1.165, 1.54) is 19.3 Å². The second-order valence-electron chi connectivity index (χ2n) is 6.34. The minimum atomic E-state index is -0.991. The lowest BCUT2D eigenvalue weighted by atomic mass is 9.88. The first-order valence-electron chi connectivity index (χ1n) is 7.70. The number of hydrogen-bond acceptors (Lipinski definition) is 3. The first-order valence-corrected chi connectivity index (χ1v) is 7.70. The third-order valence-corrected chi connectivity index (χ3v) is 4.34. The van der Waals surface area contributed by atoms with Crippen LogP contribution in [0.2, 0.25) is 0 Å². The molecule has 5 heteroatoms. The lowest BCUT2D eigenvalue weighted by Crippen LogP contribution is -2.54. The highest BCUT2D eigenvalue weighted by Gasteiger charge is 2.40. The average molecular weight is 282 g/mol. The van der Waals surface area contributed by atoms with Gasteiger partial charge in [-0.2, -0.15) is 0 Å². The number of rotatable bonds is 3. The quantitative estimate of drug-likeness (QED) is 0.794. The van der Waals surface area contributed by atoms with Crippen molar-refractivity contribution >= 4 is 11.8 Å². The van der Waals surface area contributed by atoms with Crippen LogP contribution in [0.5, 0.6) is 0 Å². The summed E-state index contributed by atoms with van der Waals surface area (Å²) in [5.41, 5.74) is -0.991. The number of morpholine rings is 1. The molecule has 1 N–H and O–H groups in total. The summed E-state index contributed by atoms with van der Waals surface area (Å²) in [6.07, 6.45) is 5.66. The van der Waals surface area contributed by atoms with Crippen LogP contribution in [0.3, 0.4) is 0 Å². The summed E-state index contributed by atoms with van der Waals surface area (Å²) in [6, 6.07) is 0.244. The van der Waals surface area contributed by atoms with Gasteiger partial charge in [-0.3, -0.25) is 9.59 Å². The van der Waals surface area contributed by atoms with Crippen molar-refractivity contribution in [1.29, 1.82) is 0 Å². The predicted molar refractivity (Wildman–Crippen MR) is 76.2 cm³/mol. The maximum atomic E-state index is 12.5. The minimum Gasteiger partial charge on any atom is -0.378 e. The molecule has 1 aliphatic heterocycles. The molecule has 0 aromatic carbocycles. The Labute approximate surface area is 121 Å². The summed E-state index contributed by atoms with van der Waals surface area (Å²) in [5, 5.41) is 3.06. The predicted octanol–water partition coefficient (Wildman–Crippen LogP) is 1.32. The largest absolute Gasteiger partial charge is 0.378 e. The Balaban J connectivity index is 1.92. The van der Waals surface area contributed by atoms with Crippen LogP contribution in [-0.4, -0.2) is 49.1 Å². The molecule has 2 amide bonds. The molecular weight excluding hydrogens is 256 g/mol. The normalized spacial score (nSPS) is 21.6. The highest BCUT2D eigenvalue weighted by molar-refractivity contribution is 6.04. The second-order valence-corrected chi connectivity index (χ2v) is 6.34. The van der Waals surface area contributed by atoms with Gasteiger partial charge in [-0.25, -0.2) is 0 Å². The number of amides is 2. The summed E-state index contributed by atoms with van der Waals surface area (Å²) in [7, 11) is 0. The number of hydrogen-bond donors (Lipinski definition) is 1. The van der Waals surface area contributed by atoms with E-state index in [1.54, 1.807) is 18.7 Å². The first-order chi connectivity index (χ1) is 9.51. The molecule has 1 aliphatic carbocycles. The van der Waals surface area contributed by atoms with E-state index in [4.69, 9.17) is 4.74 Å². The van der Waals surface area contributed by atoms with Gasteiger partial charge in [-0.1, -0.05) is 19.3 Å². The van der Waals surface area contributed by atoms with Crippen molar-refractivity contribution in [3.8, 4) is 0 Å². The van der Waals surface area contributed by atoms with Crippen molar-refractivity contribution in [2.45, 2.75) is 52.0 Å². The van der Waals surface area contributed by atoms with Gasteiger partial charge in [-0.05, 0) is 26.7 Å². The van der Waals surface area contributed by atoms with Crippen molar-refractivity contribution in [1.82, 2.24) is 10.2 Å². The lowest BCUT2D eigenvalue weighted by Gasteiger charge is -2.34. The van der Waals surface area contributed by atoms with Gasteiger partial charge in [0.25, 0.3) is 0 Å². The molecule has 0 spiro atoms. The number of carbonyl (C=O) groups is 2. The molecule has 1 saturated carbocycles. The van der Waals surface area contributed by atoms with Gasteiger partial charge >= 0.3 is 0 Å². The molecule has 0 atom stereocenters. The summed E-state index contributed by atoms with van der Waals surface area (Å²) < 4.78 is 5.25. The molecule has 5 nitrogen and oxygen atoms in total. The number of nitrogens with one attached hydrogen (secondary N) is 1. The monoisotopic (exact) mass is 282 g/mol. The molecule has 114 valence electrons. The number of ether oxygens (including phenoxy) is 1. The van der Waals surface area contributed by atoms with Gasteiger partial charge in [0.15, 0.2) is 0 Å². The third-order valence-electron chi connectivity index (χ3n) is 4.34. The summed E-state index contributed by atoms with van der Waals surface area (Å²) in [5.74, 6) is -0.227. The molecule has 2 fully saturated rings. The van der Waals surface area contributed by atoms with Gasteiger partial charge in [0.2, 0.25) is 11.8 Å². The molecular formula is C15H26N2O3. The van der Waals surface area contributed by atoms with Crippen LogP contribution in [0.1, 0.15) is 46.0 Å². The van der Waals surface area contributed by atoms with Crippen molar-refractivity contribution in [3.63, 3.8) is 0 Å². The van der Waals surface area contributed by atoms with Crippen LogP contribution in [0.25, 0.3) is 0 Å². The highest BCUT2D eigenvalue weighted by Crippen LogP contribution is 2.23. The zero-order chi connectivity index (χ0) is 14.6. The third kappa shape index (κ3) is 3.51. The number of carbonyl (C=O) groups excluding carboxylic acids is 2. The van der Waals surface area contributed by atoms with Crippen LogP contribution in [0.15, 0.2) is 0 Å². The molecule has 0 bridgehead atoms. The molecule has 1 heterocycles. The van der Waals surface area contributed by atoms with Crippen LogP contribution in [-0.2, 0) is 14.3 Å². The minimum absolute atomic E-state index is 0.0888. The van der Waals surface area contributed by atoms with Crippen molar-refractivity contribution in [2.75, 3.05) is 26.3 Å². The molecule has 20 heavy (non-hydrogen) atoms. The Morgan fingerprint density at radius 1 is 1.10 bits per heavy atom. The second kappa shape index (κ2) is 6.57. The highest BCUT2D eigenvalue weighted by atomic mass is 16.5. The summed E-state index contributed by atoms with van der Waals surface area (Å²) in [6.45, 7) is 5.74. The van der Waals surface area contributed by atoms with E-state index in [1.807, 2.05) is 0 Å². The Kier molecular flexibility index (Phi) is 5.02. The topological polar surface area (TPSA) is 58.6 Å². The van der Waals surface area contributed by atoms with Gasteiger partial charge in [0, 0.05) is 19.1 Å². The Morgan fingerprint density at radius 3 is 2.30 bits per heavy atom. The van der Waals surface area contributed by atoms with Gasteiger partial charge in [0.1, 0.15) is 5.41 Å². The molecule has 0 unspecified atom stereocenters. The smallest absolute Gasteiger partial charge is 0.237 e. The average Bonchev–Trinajstić information content (AvgIpc) is 2.48. The molecule has 0 radical (unpaired) electrons. The molecule has 0 aromatic rings. The van der Waals surface area contributed by atoms with E-state index >= 15 is 0 Å². The van der Waals surface area contributed by atoms with Crippen molar-refractivity contribution in [3.05, 3.63) is 0 Å². The maximum Gasteiger partial charge on any atom is 0.237 e. The molecule has 2 rings (SSSR count). The Morgan fingerprint density at radius 2 is 1.70 bits per heavy atom. The lowest BCUT2D eigenvalue weighted by molar-refractivity contribution is -0.151. The van der Waals surface area contributed by atoms with Crippen LogP contribution in [0, 0.1) is 5.41 Å². The van der Waals surface area contributed by atoms with E-state index in [9.17, 15) is 9.59 Å². The molecule has 0 aromatic heterocycles. The fraction of sp³-hybridized carbons (Fsp3) is 0.867. The van der Waals surface area contributed by atoms with E-state index < -0.39 is 5.41 Å². The Bertz CT molecular complexity index is 356. The summed E-state index contributed by atoms with van der Waals surface area (Å²) in [4.78, 5) is 26.7. The maximum absolute atomic E-state index is 12.5. The molecule has 1 saturated heterocycles. The van der Waals surface area contributed by atoms with Crippen molar-refractivity contribution < 1.29 is 14.3 Å². The van der Waals surface area contributed by atoms with Crippen LogP contribution in [0.4, 0.5) is 0 Å². The van der Waals surface area contributed by atoms with Gasteiger partial charge in [-0.15, -0.1) is 0 Å². The summed E-state index contributed by atoms with van der Waals surface area (Å²) >= 11 is 0. The fourth-order valence-corrected chi connectivity index (χ4v) is 2.87. The van der Waals surface area contributed by atoms with Gasteiger partial charge in [0.05, 0.1) is 13.2 Å². The Hall–Kier alpha value is -1.10. The standard InChI is InChI=1S/C15H26N2O3/c1-15(2,14(19)17-8-10-20-11-9-17)13(18)16-12-6-4-3-5-7-12/h12H,3-11H2,1-2H3,(H,16,18). The van der Waals surface area contributed by atoms with E-state index in [2.05, 4.69) is 5.32 Å². The van der Waals surface area contributed by atoms with E-state index in [-0.39, 0.29) is 17.9 Å². The zero-order valence-electron chi connectivity index (χ0n) is 12.6. The molecule has 2 aliphatic rings. The van der Waals surface area contributed by atoms with Crippen LogP contribution < -0.4 is 5.32 Å². The van der Waals surface area contributed by atoms with Crippen molar-refractivity contribution in [2.24, 2.45) is 5.41 Å². The van der Waals surface area contributed by atoms with E-state index in [0.717, 1.165) is 12.8 Å². The number of nitrogens with zero attached hydrogens (tertiary/aromatic N) is 1. The SMILES string of the molecule is CC(C)(C(=O)NC1CCCCC1)C(=O)N1CCOCC1. The van der Waals surface area contributed by atoms with E-state index in [0.29, 0.717) is 26.3 Å². The fourth-order valence-electron chi connectivity index (χ4n) is 2.87. The van der Waals surface area contributed by atoms with Gasteiger partial charge < -0.3 is 15.0 Å². The first kappa shape index (κ1) is 15.3.